The molecule has 2 aromatic carbocycles. The number of anilines is 1. The van der Waals surface area contributed by atoms with Gasteiger partial charge in [-0.05, 0) is 30.7 Å². The SMILES string of the molecule is Cc1cc([N+](=O)[O-])ccc1NC(=O)C[NH+](C)Cc1ccc(F)cc1. The smallest absolute Gasteiger partial charge is 0.279 e. The molecule has 0 saturated carbocycles. The van der Waals surface area contributed by atoms with Crippen LogP contribution in [0.5, 0.6) is 0 Å². The number of nitrogens with zero attached hydrogens (tertiary/aromatic N) is 1. The highest BCUT2D eigenvalue weighted by Gasteiger charge is 2.14. The van der Waals surface area contributed by atoms with Crippen LogP contribution >= 0.6 is 0 Å². The summed E-state index contributed by atoms with van der Waals surface area (Å²) in [7, 11) is 1.87. The van der Waals surface area contributed by atoms with Crippen molar-refractivity contribution in [2.24, 2.45) is 0 Å². The molecule has 0 radical (unpaired) electrons. The van der Waals surface area contributed by atoms with E-state index in [1.54, 1.807) is 19.1 Å². The average Bonchev–Trinajstić information content (AvgIpc) is 2.51. The van der Waals surface area contributed by atoms with Crippen molar-refractivity contribution in [1.29, 1.82) is 0 Å². The number of hydrogen-bond acceptors (Lipinski definition) is 3. The number of benzene rings is 2. The average molecular weight is 332 g/mol. The van der Waals surface area contributed by atoms with E-state index in [1.807, 2.05) is 7.05 Å². The van der Waals surface area contributed by atoms with Crippen LogP contribution in [0.2, 0.25) is 0 Å². The van der Waals surface area contributed by atoms with E-state index in [0.29, 0.717) is 17.8 Å². The normalized spacial score (nSPS) is 11.8. The van der Waals surface area contributed by atoms with Crippen molar-refractivity contribution in [3.05, 3.63) is 69.5 Å². The summed E-state index contributed by atoms with van der Waals surface area (Å²) in [5.41, 5.74) is 2.12. The number of amides is 1. The fraction of sp³-hybridized carbons (Fsp3) is 0.235. The lowest BCUT2D eigenvalue weighted by molar-refractivity contribution is -0.885. The van der Waals surface area contributed by atoms with E-state index < -0.39 is 4.92 Å². The van der Waals surface area contributed by atoms with Crippen LogP contribution in [-0.4, -0.2) is 24.4 Å². The molecule has 0 spiro atoms. The third kappa shape index (κ3) is 4.85. The van der Waals surface area contributed by atoms with Crippen LogP contribution in [0, 0.1) is 22.9 Å². The number of nitrogens with one attached hydrogen (secondary N) is 2. The van der Waals surface area contributed by atoms with E-state index in [0.717, 1.165) is 10.5 Å². The number of aryl methyl sites for hydroxylation is 1. The fourth-order valence-electron chi connectivity index (χ4n) is 2.38. The number of nitro groups is 1. The van der Waals surface area contributed by atoms with E-state index in [4.69, 9.17) is 0 Å². The van der Waals surface area contributed by atoms with Gasteiger partial charge in [0.1, 0.15) is 12.4 Å². The van der Waals surface area contributed by atoms with Crippen LogP contribution in [0.15, 0.2) is 42.5 Å². The van der Waals surface area contributed by atoms with Gasteiger partial charge in [-0.2, -0.15) is 0 Å². The minimum Gasteiger partial charge on any atom is -0.326 e. The maximum Gasteiger partial charge on any atom is 0.279 e. The molecule has 2 aromatic rings. The zero-order valence-electron chi connectivity index (χ0n) is 13.5. The van der Waals surface area contributed by atoms with E-state index in [-0.39, 0.29) is 24.0 Å². The molecule has 1 unspecified atom stereocenters. The van der Waals surface area contributed by atoms with Crippen LogP contribution in [0.1, 0.15) is 11.1 Å². The van der Waals surface area contributed by atoms with Gasteiger partial charge in [-0.25, -0.2) is 4.39 Å². The lowest BCUT2D eigenvalue weighted by Crippen LogP contribution is -3.08. The molecule has 0 fully saturated rings. The molecule has 0 aliphatic rings. The van der Waals surface area contributed by atoms with Gasteiger partial charge in [0, 0.05) is 23.4 Å². The van der Waals surface area contributed by atoms with Gasteiger partial charge in [-0.3, -0.25) is 14.9 Å². The number of non-ortho nitro benzene ring substituents is 1. The minimum absolute atomic E-state index is 0.00967. The van der Waals surface area contributed by atoms with Crippen molar-refractivity contribution in [2.75, 3.05) is 18.9 Å². The van der Waals surface area contributed by atoms with Crippen LogP contribution < -0.4 is 10.2 Å². The first-order chi connectivity index (χ1) is 11.3. The Morgan fingerprint density at radius 2 is 1.92 bits per heavy atom. The molecular weight excluding hydrogens is 313 g/mol. The molecule has 1 atom stereocenters. The molecule has 1 amide bonds. The van der Waals surface area contributed by atoms with E-state index in [1.165, 1.54) is 30.3 Å². The topological polar surface area (TPSA) is 76.7 Å². The van der Waals surface area contributed by atoms with Gasteiger partial charge < -0.3 is 10.2 Å². The van der Waals surface area contributed by atoms with Crippen LogP contribution in [0.3, 0.4) is 0 Å². The van der Waals surface area contributed by atoms with E-state index in [9.17, 15) is 19.3 Å². The highest BCUT2D eigenvalue weighted by Crippen LogP contribution is 2.20. The zero-order valence-corrected chi connectivity index (χ0v) is 13.5. The Hall–Kier alpha value is -2.80. The summed E-state index contributed by atoms with van der Waals surface area (Å²) in [6.07, 6.45) is 0. The number of hydrogen-bond donors (Lipinski definition) is 2. The van der Waals surface area contributed by atoms with Crippen molar-refractivity contribution in [3.8, 4) is 0 Å². The Morgan fingerprint density at radius 3 is 2.50 bits per heavy atom. The third-order valence-corrected chi connectivity index (χ3v) is 3.58. The number of nitro benzene ring substituents is 1. The summed E-state index contributed by atoms with van der Waals surface area (Å²) in [4.78, 5) is 23.3. The fourth-order valence-corrected chi connectivity index (χ4v) is 2.38. The van der Waals surface area contributed by atoms with Gasteiger partial charge in [0.2, 0.25) is 0 Å². The monoisotopic (exact) mass is 332 g/mol. The summed E-state index contributed by atoms with van der Waals surface area (Å²) >= 11 is 0. The number of quaternary nitrogens is 1. The Bertz CT molecular complexity index is 747. The van der Waals surface area contributed by atoms with Crippen LogP contribution in [0.25, 0.3) is 0 Å². The molecule has 0 aliphatic heterocycles. The first-order valence-electron chi connectivity index (χ1n) is 7.46. The second-order valence-corrected chi connectivity index (χ2v) is 5.74. The van der Waals surface area contributed by atoms with Crippen molar-refractivity contribution in [3.63, 3.8) is 0 Å². The van der Waals surface area contributed by atoms with E-state index in [2.05, 4.69) is 5.32 Å². The third-order valence-electron chi connectivity index (χ3n) is 3.58. The van der Waals surface area contributed by atoms with Gasteiger partial charge in [0.05, 0.1) is 12.0 Å². The molecule has 7 heteroatoms. The van der Waals surface area contributed by atoms with Crippen molar-refractivity contribution in [2.45, 2.75) is 13.5 Å². The first-order valence-corrected chi connectivity index (χ1v) is 7.46. The predicted molar refractivity (Wildman–Crippen MR) is 88.3 cm³/mol. The largest absolute Gasteiger partial charge is 0.326 e. The number of likely N-dealkylation sites (N-methyl/N-ethyl adjacent to an activating group) is 1. The molecule has 2 N–H and O–H groups in total. The predicted octanol–water partition coefficient (Wildman–Crippen LogP) is 1.70. The van der Waals surface area contributed by atoms with Gasteiger partial charge in [-0.15, -0.1) is 0 Å². The molecular formula is C17H19FN3O3+. The number of rotatable bonds is 6. The number of carbonyl (C=O) groups excluding carboxylic acids is 1. The molecule has 0 aromatic heterocycles. The van der Waals surface area contributed by atoms with Crippen molar-refractivity contribution >= 4 is 17.3 Å². The van der Waals surface area contributed by atoms with Gasteiger partial charge in [0.25, 0.3) is 11.6 Å². The Morgan fingerprint density at radius 1 is 1.25 bits per heavy atom. The summed E-state index contributed by atoms with van der Waals surface area (Å²) < 4.78 is 12.9. The quantitative estimate of drug-likeness (QED) is 0.624. The standard InChI is InChI=1S/C17H18FN3O3/c1-12-9-15(21(23)24)7-8-16(12)19-17(22)11-20(2)10-13-3-5-14(18)6-4-13/h3-9H,10-11H2,1-2H3,(H,19,22)/p+1. The number of halogens is 1. The Labute approximate surface area is 139 Å². The second kappa shape index (κ2) is 7.65. The number of carbonyl (C=O) groups is 1. The highest BCUT2D eigenvalue weighted by molar-refractivity contribution is 5.92. The summed E-state index contributed by atoms with van der Waals surface area (Å²) in [5, 5.41) is 13.5. The van der Waals surface area contributed by atoms with Gasteiger partial charge >= 0.3 is 0 Å². The minimum atomic E-state index is -0.473. The molecule has 2 rings (SSSR count). The van der Waals surface area contributed by atoms with Crippen molar-refractivity contribution < 1.29 is 19.0 Å². The summed E-state index contributed by atoms with van der Waals surface area (Å²) in [6.45, 7) is 2.53. The molecule has 0 aliphatic carbocycles. The second-order valence-electron chi connectivity index (χ2n) is 5.74. The van der Waals surface area contributed by atoms with Crippen molar-refractivity contribution in [1.82, 2.24) is 0 Å². The molecule has 6 nitrogen and oxygen atoms in total. The van der Waals surface area contributed by atoms with Crippen LogP contribution in [0.4, 0.5) is 15.8 Å². The lowest BCUT2D eigenvalue weighted by atomic mass is 10.2. The molecule has 126 valence electrons. The molecule has 0 heterocycles. The molecule has 0 saturated heterocycles. The first kappa shape index (κ1) is 17.6. The molecule has 24 heavy (non-hydrogen) atoms. The lowest BCUT2D eigenvalue weighted by Gasteiger charge is -2.14. The van der Waals surface area contributed by atoms with Gasteiger partial charge in [0.15, 0.2) is 6.54 Å². The molecule has 0 bridgehead atoms. The summed E-state index contributed by atoms with van der Waals surface area (Å²) in [6, 6.07) is 10.5. The Kier molecular flexibility index (Phi) is 5.59. The van der Waals surface area contributed by atoms with E-state index >= 15 is 0 Å². The summed E-state index contributed by atoms with van der Waals surface area (Å²) in [5.74, 6) is -0.477. The van der Waals surface area contributed by atoms with Gasteiger partial charge in [-0.1, -0.05) is 12.1 Å². The maximum absolute atomic E-state index is 12.9. The zero-order chi connectivity index (χ0) is 17.7. The Balaban J connectivity index is 1.92. The van der Waals surface area contributed by atoms with Crippen LogP contribution in [-0.2, 0) is 11.3 Å². The maximum atomic E-state index is 12.9. The highest BCUT2D eigenvalue weighted by atomic mass is 19.1.